The van der Waals surface area contributed by atoms with E-state index in [0.717, 1.165) is 12.2 Å². The largest absolute Gasteiger partial charge is 0.479 e. The molecule has 0 radical (unpaired) electrons. The smallest absolute Gasteiger partial charge is 0.334 e. The van der Waals surface area contributed by atoms with Crippen molar-refractivity contribution in [2.75, 3.05) is 31.2 Å². The number of thioether (sulfide) groups is 1. The first kappa shape index (κ1) is 13.3. The molecule has 1 aliphatic rings. The Morgan fingerprint density at radius 1 is 1.56 bits per heavy atom. The summed E-state index contributed by atoms with van der Waals surface area (Å²) in [7, 11) is 0. The van der Waals surface area contributed by atoms with E-state index in [1.807, 2.05) is 0 Å². The van der Waals surface area contributed by atoms with Gasteiger partial charge in [-0.15, -0.1) is 0 Å². The van der Waals surface area contributed by atoms with Crippen LogP contribution in [0.25, 0.3) is 0 Å². The minimum Gasteiger partial charge on any atom is -0.479 e. The zero-order valence-corrected chi connectivity index (χ0v) is 10.2. The Labute approximate surface area is 99.1 Å². The summed E-state index contributed by atoms with van der Waals surface area (Å²) in [6.07, 6.45) is 0.174. The van der Waals surface area contributed by atoms with E-state index < -0.39 is 12.1 Å². The molecule has 1 fully saturated rings. The standard InChI is InChI=1S/C10H17NO4S/c1-2-5-16-7-9(12)11-3-4-15-8(6-11)10(13)14/h8H,2-7H2,1H3,(H,13,14). The van der Waals surface area contributed by atoms with Gasteiger partial charge in [-0.2, -0.15) is 11.8 Å². The SMILES string of the molecule is CCCSCC(=O)N1CCOC(C(=O)O)C1. The molecule has 0 spiro atoms. The number of rotatable bonds is 5. The van der Waals surface area contributed by atoms with Crippen molar-refractivity contribution in [1.82, 2.24) is 4.90 Å². The van der Waals surface area contributed by atoms with E-state index in [2.05, 4.69) is 6.92 Å². The topological polar surface area (TPSA) is 66.8 Å². The molecule has 16 heavy (non-hydrogen) atoms. The summed E-state index contributed by atoms with van der Waals surface area (Å²) < 4.78 is 5.05. The first-order valence-electron chi connectivity index (χ1n) is 5.35. The number of hydrogen-bond donors (Lipinski definition) is 1. The van der Waals surface area contributed by atoms with Crippen LogP contribution in [0.1, 0.15) is 13.3 Å². The van der Waals surface area contributed by atoms with Crippen molar-refractivity contribution in [2.45, 2.75) is 19.4 Å². The fourth-order valence-corrected chi connectivity index (χ4v) is 2.21. The molecule has 1 heterocycles. The van der Waals surface area contributed by atoms with Gasteiger partial charge in [0.1, 0.15) is 0 Å². The van der Waals surface area contributed by atoms with Crippen LogP contribution in [0.5, 0.6) is 0 Å². The zero-order valence-electron chi connectivity index (χ0n) is 9.35. The van der Waals surface area contributed by atoms with Gasteiger partial charge < -0.3 is 14.7 Å². The van der Waals surface area contributed by atoms with Crippen LogP contribution in [0.3, 0.4) is 0 Å². The minimum atomic E-state index is -1.00. The molecule has 0 saturated carbocycles. The summed E-state index contributed by atoms with van der Waals surface area (Å²) in [6, 6.07) is 0. The number of carboxylic acids is 1. The van der Waals surface area contributed by atoms with E-state index in [-0.39, 0.29) is 12.5 Å². The zero-order chi connectivity index (χ0) is 12.0. The molecule has 1 unspecified atom stereocenters. The lowest BCUT2D eigenvalue weighted by Crippen LogP contribution is -2.49. The molecule has 1 rings (SSSR count). The summed E-state index contributed by atoms with van der Waals surface area (Å²) >= 11 is 1.59. The van der Waals surface area contributed by atoms with Crippen molar-refractivity contribution in [3.63, 3.8) is 0 Å². The normalized spacial score (nSPS) is 20.8. The van der Waals surface area contributed by atoms with Gasteiger partial charge in [0.15, 0.2) is 6.10 Å². The molecule has 0 aliphatic carbocycles. The summed E-state index contributed by atoms with van der Waals surface area (Å²) in [5, 5.41) is 8.78. The second-order valence-electron chi connectivity index (χ2n) is 3.59. The fraction of sp³-hybridized carbons (Fsp3) is 0.800. The molecule has 1 saturated heterocycles. The van der Waals surface area contributed by atoms with Crippen LogP contribution in [-0.2, 0) is 14.3 Å². The van der Waals surface area contributed by atoms with Crippen molar-refractivity contribution in [2.24, 2.45) is 0 Å². The Morgan fingerprint density at radius 3 is 2.94 bits per heavy atom. The summed E-state index contributed by atoms with van der Waals surface area (Å²) in [6.45, 7) is 3.03. The van der Waals surface area contributed by atoms with Gasteiger partial charge >= 0.3 is 5.97 Å². The van der Waals surface area contributed by atoms with Crippen molar-refractivity contribution >= 4 is 23.6 Å². The van der Waals surface area contributed by atoms with Gasteiger partial charge in [-0.1, -0.05) is 6.92 Å². The van der Waals surface area contributed by atoms with Gasteiger partial charge in [-0.25, -0.2) is 4.79 Å². The molecule has 92 valence electrons. The lowest BCUT2D eigenvalue weighted by Gasteiger charge is -2.30. The number of nitrogens with zero attached hydrogens (tertiary/aromatic N) is 1. The maximum atomic E-state index is 11.7. The number of carbonyl (C=O) groups excluding carboxylic acids is 1. The van der Waals surface area contributed by atoms with Crippen LogP contribution in [0, 0.1) is 0 Å². The summed E-state index contributed by atoms with van der Waals surface area (Å²) in [5.74, 6) is 0.394. The lowest BCUT2D eigenvalue weighted by atomic mass is 10.3. The average Bonchev–Trinajstić information content (AvgIpc) is 2.29. The van der Waals surface area contributed by atoms with E-state index >= 15 is 0 Å². The molecule has 0 bridgehead atoms. The third kappa shape index (κ3) is 4.02. The van der Waals surface area contributed by atoms with Crippen LogP contribution in [0.4, 0.5) is 0 Å². The Bertz CT molecular complexity index is 259. The maximum absolute atomic E-state index is 11.7. The first-order valence-corrected chi connectivity index (χ1v) is 6.50. The number of aliphatic carboxylic acids is 1. The fourth-order valence-electron chi connectivity index (χ4n) is 1.42. The molecule has 0 aromatic carbocycles. The van der Waals surface area contributed by atoms with Crippen LogP contribution >= 0.6 is 11.8 Å². The van der Waals surface area contributed by atoms with Crippen LogP contribution in [0.15, 0.2) is 0 Å². The predicted molar refractivity (Wildman–Crippen MR) is 61.6 cm³/mol. The number of carbonyl (C=O) groups is 2. The third-order valence-corrected chi connectivity index (χ3v) is 3.42. The Kier molecular flexibility index (Phi) is 5.62. The summed E-state index contributed by atoms with van der Waals surface area (Å²) in [4.78, 5) is 24.0. The highest BCUT2D eigenvalue weighted by Gasteiger charge is 2.28. The number of hydrogen-bond acceptors (Lipinski definition) is 4. The number of ether oxygens (including phenoxy) is 1. The molecule has 1 atom stereocenters. The van der Waals surface area contributed by atoms with E-state index in [9.17, 15) is 9.59 Å². The van der Waals surface area contributed by atoms with Crippen LogP contribution < -0.4 is 0 Å². The van der Waals surface area contributed by atoms with E-state index in [0.29, 0.717) is 18.9 Å². The van der Waals surface area contributed by atoms with Gasteiger partial charge in [0.25, 0.3) is 0 Å². The van der Waals surface area contributed by atoms with Crippen molar-refractivity contribution < 1.29 is 19.4 Å². The Balaban J connectivity index is 2.35. The van der Waals surface area contributed by atoms with Crippen LogP contribution in [-0.4, -0.2) is 59.2 Å². The van der Waals surface area contributed by atoms with Gasteiger partial charge in [0, 0.05) is 6.54 Å². The highest BCUT2D eigenvalue weighted by Crippen LogP contribution is 2.09. The predicted octanol–water partition coefficient (Wildman–Crippen LogP) is 0.442. The number of morpholine rings is 1. The molecular formula is C10H17NO4S. The molecule has 6 heteroatoms. The Morgan fingerprint density at radius 2 is 2.31 bits per heavy atom. The van der Waals surface area contributed by atoms with Crippen LogP contribution in [0.2, 0.25) is 0 Å². The maximum Gasteiger partial charge on any atom is 0.334 e. The summed E-state index contributed by atoms with van der Waals surface area (Å²) in [5.41, 5.74) is 0. The van der Waals surface area contributed by atoms with Gasteiger partial charge in [0.05, 0.1) is 18.9 Å². The highest BCUT2D eigenvalue weighted by atomic mass is 32.2. The third-order valence-electron chi connectivity index (χ3n) is 2.27. The average molecular weight is 247 g/mol. The van der Waals surface area contributed by atoms with Gasteiger partial charge in [-0.05, 0) is 12.2 Å². The number of carboxylic acid groups (broad SMARTS) is 1. The first-order chi connectivity index (χ1) is 7.65. The lowest BCUT2D eigenvalue weighted by molar-refractivity contribution is -0.158. The van der Waals surface area contributed by atoms with Crippen molar-refractivity contribution in [3.8, 4) is 0 Å². The second-order valence-corrected chi connectivity index (χ2v) is 4.70. The molecule has 1 N–H and O–H groups in total. The van der Waals surface area contributed by atoms with Gasteiger partial charge in [0.2, 0.25) is 5.91 Å². The monoisotopic (exact) mass is 247 g/mol. The quantitative estimate of drug-likeness (QED) is 0.714. The molecular weight excluding hydrogens is 230 g/mol. The number of amides is 1. The van der Waals surface area contributed by atoms with E-state index in [1.54, 1.807) is 16.7 Å². The second kappa shape index (κ2) is 6.75. The minimum absolute atomic E-state index is 0.00741. The van der Waals surface area contributed by atoms with E-state index in [4.69, 9.17) is 9.84 Å². The molecule has 0 aromatic heterocycles. The van der Waals surface area contributed by atoms with E-state index in [1.165, 1.54) is 0 Å². The molecule has 1 aliphatic heterocycles. The van der Waals surface area contributed by atoms with Gasteiger partial charge in [-0.3, -0.25) is 4.79 Å². The van der Waals surface area contributed by atoms with Crippen molar-refractivity contribution in [3.05, 3.63) is 0 Å². The Hall–Kier alpha value is -0.750. The highest BCUT2D eigenvalue weighted by molar-refractivity contribution is 7.99. The van der Waals surface area contributed by atoms with Crippen molar-refractivity contribution in [1.29, 1.82) is 0 Å². The molecule has 1 amide bonds. The molecule has 0 aromatic rings. The molecule has 5 nitrogen and oxygen atoms in total.